The Bertz CT molecular complexity index is 2490. The van der Waals surface area contributed by atoms with Crippen molar-refractivity contribution in [3.8, 4) is 28.7 Å². The summed E-state index contributed by atoms with van der Waals surface area (Å²) in [6.07, 6.45) is 7.21. The van der Waals surface area contributed by atoms with E-state index in [0.717, 1.165) is 6.42 Å². The van der Waals surface area contributed by atoms with Gasteiger partial charge in [-0.3, -0.25) is 19.2 Å². The third-order valence-electron chi connectivity index (χ3n) is 11.5. The van der Waals surface area contributed by atoms with E-state index in [1.807, 2.05) is 38.1 Å². The third kappa shape index (κ3) is 7.97. The monoisotopic (exact) mass is 823 g/mol. The fourth-order valence-electron chi connectivity index (χ4n) is 8.34. The number of anilines is 1. The Kier molecular flexibility index (Phi) is 11.8. The molecule has 0 aromatic heterocycles. The van der Waals surface area contributed by atoms with Crippen LogP contribution in [0.5, 0.6) is 17.2 Å². The molecule has 0 radical (unpaired) electrons. The molecule has 5 aliphatic rings. The van der Waals surface area contributed by atoms with Gasteiger partial charge in [-0.25, -0.2) is 4.98 Å². The number of esters is 1. The van der Waals surface area contributed by atoms with Crippen molar-refractivity contribution in [3.63, 3.8) is 0 Å². The number of hydrogen-bond donors (Lipinski definition) is 1. The van der Waals surface area contributed by atoms with Gasteiger partial charge in [0.1, 0.15) is 53.0 Å². The molecule has 2 aromatic carbocycles. The molecule has 6 bridgehead atoms. The maximum atomic E-state index is 15.4. The number of carbonyl (C=O) groups is 3. The van der Waals surface area contributed by atoms with Gasteiger partial charge in [0, 0.05) is 56.0 Å². The van der Waals surface area contributed by atoms with Crippen molar-refractivity contribution in [1.82, 2.24) is 9.88 Å². The van der Waals surface area contributed by atoms with E-state index in [1.54, 1.807) is 44.2 Å². The van der Waals surface area contributed by atoms with Gasteiger partial charge in [0.25, 0.3) is 11.7 Å². The fraction of sp³-hybridized carbons (Fsp3) is 0.457. The number of amides is 1. The van der Waals surface area contributed by atoms with Crippen LogP contribution in [0, 0.1) is 24.7 Å². The molecule has 3 unspecified atom stereocenters. The first-order valence-electron chi connectivity index (χ1n) is 20.3. The van der Waals surface area contributed by atoms with Crippen LogP contribution >= 0.6 is 0 Å². The molecule has 1 aliphatic carbocycles. The number of hydrogen-bond acceptors (Lipinski definition) is 13. The zero-order valence-corrected chi connectivity index (χ0v) is 35.8. The van der Waals surface area contributed by atoms with Crippen LogP contribution in [-0.2, 0) is 23.8 Å². The predicted octanol–water partition coefficient (Wildman–Crippen LogP) is 7.37. The highest BCUT2D eigenvalue weighted by molar-refractivity contribution is 6.22. The van der Waals surface area contributed by atoms with Crippen molar-refractivity contribution in [3.05, 3.63) is 75.7 Å². The molecule has 0 saturated heterocycles. The number of ether oxygens (including phenoxy) is 6. The first kappa shape index (κ1) is 42.4. The molecule has 4 aliphatic heterocycles. The summed E-state index contributed by atoms with van der Waals surface area (Å²) >= 11 is 0. The van der Waals surface area contributed by atoms with Gasteiger partial charge in [0.15, 0.2) is 11.3 Å². The van der Waals surface area contributed by atoms with Crippen molar-refractivity contribution in [2.45, 2.75) is 85.4 Å². The number of allylic oxidation sites excluding steroid dienone is 3. The van der Waals surface area contributed by atoms with Crippen LogP contribution in [-0.4, -0.2) is 86.0 Å². The van der Waals surface area contributed by atoms with Crippen molar-refractivity contribution >= 4 is 45.2 Å². The van der Waals surface area contributed by atoms with Crippen LogP contribution in [0.1, 0.15) is 70.3 Å². The first-order valence-corrected chi connectivity index (χ1v) is 20.3. The lowest BCUT2D eigenvalue weighted by Gasteiger charge is -2.36. The molecule has 14 nitrogen and oxygen atoms in total. The molecule has 318 valence electrons. The molecule has 2 aromatic rings. The average Bonchev–Trinajstić information content (AvgIpc) is 3.45. The highest BCUT2D eigenvalue weighted by atomic mass is 16.7. The van der Waals surface area contributed by atoms with Crippen LogP contribution < -0.4 is 25.0 Å². The van der Waals surface area contributed by atoms with E-state index in [2.05, 4.69) is 19.2 Å². The molecule has 1 amide bonds. The molecule has 60 heavy (non-hydrogen) atoms. The average molecular weight is 824 g/mol. The number of carbonyl (C=O) groups excluding carboxylic acids is 3. The standard InChI is InChI=1S/C46H53N3O11/c1-23-12-11-13-25(3)45(53)48-38-39(51)35-34(37-43(38)58-32-15-14-29(22-30(32)47-37)55-19-17-49(8)9)36-42-27(5)41(35)59-33(21-24(2)20-23)40(57-28(6)50)26(4)31(54-10)16-18-56-46(7,60-42)44(36)52/h11-16,18,22-24,26,31,33,40H,17,19-21H2,1-10H3,(H,48,53)/b12-11+,18-16+,25-13-/t23?,24-,26-,31+,33?,40?,46+/m1/s1. The maximum absolute atomic E-state index is 15.4. The SMILES string of the molecule is CO[C@H]1/C=C/O[C@@]2(C)Oc3c(C)c4c5c(=O)c(c6oc7ccc(OCCN(C)C)cc7nc-6c5c3C2=O)NC(=O)/C(C)=C\C=C\C(C)C[C@@H](C)CC(O4)C(OC(C)=O)[C@@H]1C. The molecule has 0 saturated carbocycles. The van der Waals surface area contributed by atoms with Gasteiger partial charge >= 0.3 is 11.8 Å². The van der Waals surface area contributed by atoms with Gasteiger partial charge in [0.05, 0.1) is 23.3 Å². The molecular weight excluding hydrogens is 771 g/mol. The summed E-state index contributed by atoms with van der Waals surface area (Å²) in [5.41, 5.74) is 0.565. The maximum Gasteiger partial charge on any atom is 0.312 e. The van der Waals surface area contributed by atoms with E-state index < -0.39 is 53.1 Å². The van der Waals surface area contributed by atoms with Gasteiger partial charge < -0.3 is 43.1 Å². The number of nitrogens with one attached hydrogen (secondary N) is 1. The fourth-order valence-corrected chi connectivity index (χ4v) is 8.34. The minimum Gasteiger partial charge on any atom is -0.492 e. The molecule has 4 heterocycles. The van der Waals surface area contributed by atoms with E-state index >= 15 is 4.79 Å². The van der Waals surface area contributed by atoms with Crippen LogP contribution in [0.25, 0.3) is 33.3 Å². The number of benzene rings is 3. The summed E-state index contributed by atoms with van der Waals surface area (Å²) in [6.45, 7) is 13.3. The second-order valence-electron chi connectivity index (χ2n) is 16.6. The van der Waals surface area contributed by atoms with Crippen LogP contribution in [0.15, 0.2) is 63.6 Å². The number of likely N-dealkylation sites (N-methyl/N-ethyl adjacent to an activating group) is 1. The van der Waals surface area contributed by atoms with E-state index in [4.69, 9.17) is 37.8 Å². The number of rotatable bonds is 6. The van der Waals surface area contributed by atoms with Crippen molar-refractivity contribution in [2.24, 2.45) is 17.8 Å². The van der Waals surface area contributed by atoms with Gasteiger partial charge in [-0.15, -0.1) is 0 Å². The number of aromatic nitrogens is 1. The predicted molar refractivity (Wildman–Crippen MR) is 226 cm³/mol. The van der Waals surface area contributed by atoms with E-state index in [1.165, 1.54) is 27.2 Å². The lowest BCUT2D eigenvalue weighted by molar-refractivity contribution is -0.159. The van der Waals surface area contributed by atoms with Crippen LogP contribution in [0.3, 0.4) is 0 Å². The smallest absolute Gasteiger partial charge is 0.312 e. The topological polar surface area (TPSA) is 165 Å². The largest absolute Gasteiger partial charge is 0.492 e. The van der Waals surface area contributed by atoms with Crippen molar-refractivity contribution in [1.29, 1.82) is 0 Å². The third-order valence-corrected chi connectivity index (χ3v) is 11.5. The quantitative estimate of drug-likeness (QED) is 0.117. The molecule has 14 heteroatoms. The first-order chi connectivity index (χ1) is 28.5. The zero-order valence-electron chi connectivity index (χ0n) is 35.8. The van der Waals surface area contributed by atoms with Crippen molar-refractivity contribution in [2.75, 3.05) is 39.7 Å². The second kappa shape index (κ2) is 16.7. The highest BCUT2D eigenvalue weighted by Gasteiger charge is 2.51. The van der Waals surface area contributed by atoms with E-state index in [9.17, 15) is 14.4 Å². The van der Waals surface area contributed by atoms with Crippen LogP contribution in [0.4, 0.5) is 5.69 Å². The minimum atomic E-state index is -1.89. The summed E-state index contributed by atoms with van der Waals surface area (Å²) in [4.78, 5) is 64.1. The Morgan fingerprint density at radius 3 is 2.53 bits per heavy atom. The second-order valence-corrected chi connectivity index (χ2v) is 16.6. The molecule has 1 N–H and O–H groups in total. The van der Waals surface area contributed by atoms with Crippen LogP contribution in [0.2, 0.25) is 0 Å². The van der Waals surface area contributed by atoms with E-state index in [0.29, 0.717) is 47.6 Å². The number of ketones is 1. The van der Waals surface area contributed by atoms with Gasteiger partial charge in [-0.1, -0.05) is 39.0 Å². The van der Waals surface area contributed by atoms with Crippen molar-refractivity contribution < 1.29 is 47.2 Å². The molecular formula is C46H53N3O11. The summed E-state index contributed by atoms with van der Waals surface area (Å²) in [5, 5.41) is 2.88. The number of methoxy groups -OCH3 is 1. The Morgan fingerprint density at radius 2 is 1.82 bits per heavy atom. The molecule has 7 rings (SSSR count). The van der Waals surface area contributed by atoms with Gasteiger partial charge in [-0.05, 0) is 70.8 Å². The molecule has 7 atom stereocenters. The molecule has 0 spiro atoms. The van der Waals surface area contributed by atoms with Gasteiger partial charge in [-0.2, -0.15) is 0 Å². The molecule has 0 fully saturated rings. The Morgan fingerprint density at radius 1 is 1.05 bits per heavy atom. The van der Waals surface area contributed by atoms with Gasteiger partial charge in [0.2, 0.25) is 5.43 Å². The number of Topliss-reactive ketones (excluding diaryl/α,β-unsaturated/α-hetero) is 1. The Balaban J connectivity index is 1.61. The summed E-state index contributed by atoms with van der Waals surface area (Å²) in [5.74, 6) is -3.32. The lowest BCUT2D eigenvalue weighted by atomic mass is 9.85. The lowest BCUT2D eigenvalue weighted by Crippen LogP contribution is -2.45. The zero-order chi connectivity index (χ0) is 43.2. The summed E-state index contributed by atoms with van der Waals surface area (Å²) < 4.78 is 44.3. The number of fused-ring (bicyclic) bond motifs is 8. The summed E-state index contributed by atoms with van der Waals surface area (Å²) in [6, 6.07) is 5.12. The number of nitrogens with zero attached hydrogens (tertiary/aromatic N) is 2. The normalized spacial score (nSPS) is 27.8. The highest BCUT2D eigenvalue weighted by Crippen LogP contribution is 2.51. The Labute approximate surface area is 348 Å². The summed E-state index contributed by atoms with van der Waals surface area (Å²) in [7, 11) is 5.42. The van der Waals surface area contributed by atoms with E-state index in [-0.39, 0.29) is 56.8 Å². The minimum absolute atomic E-state index is 0.00273. The Hall–Kier alpha value is -5.73.